The van der Waals surface area contributed by atoms with E-state index >= 15 is 0 Å². The molecule has 0 aliphatic heterocycles. The van der Waals surface area contributed by atoms with E-state index in [2.05, 4.69) is 17.2 Å². The Labute approximate surface area is 56.4 Å². The van der Waals surface area contributed by atoms with Crippen LogP contribution in [0.15, 0.2) is 4.99 Å². The van der Waals surface area contributed by atoms with Gasteiger partial charge >= 0.3 is 0 Å². The third kappa shape index (κ3) is 1.44. The van der Waals surface area contributed by atoms with Crippen molar-refractivity contribution in [1.82, 2.24) is 5.32 Å². The predicted molar refractivity (Wildman–Crippen MR) is 39.7 cm³/mol. The zero-order chi connectivity index (χ0) is 6.69. The normalized spacial score (nSPS) is 34.4. The van der Waals surface area contributed by atoms with Crippen molar-refractivity contribution in [2.24, 2.45) is 10.9 Å². The van der Waals surface area contributed by atoms with Crippen LogP contribution in [-0.2, 0) is 0 Å². The molecule has 0 amide bonds. The first-order valence-corrected chi connectivity index (χ1v) is 3.51. The van der Waals surface area contributed by atoms with Gasteiger partial charge in [-0.25, -0.2) is 0 Å². The van der Waals surface area contributed by atoms with Crippen LogP contribution < -0.4 is 5.32 Å². The zero-order valence-electron chi connectivity index (χ0n) is 6.09. The quantitative estimate of drug-likeness (QED) is 0.434. The molecular formula is C7H14N2. The molecule has 2 heteroatoms. The van der Waals surface area contributed by atoms with Crippen molar-refractivity contribution in [3.05, 3.63) is 0 Å². The SMILES string of the molecule is CN=CNC1CCC1C. The molecule has 2 unspecified atom stereocenters. The molecule has 2 atom stereocenters. The summed E-state index contributed by atoms with van der Waals surface area (Å²) in [6.07, 6.45) is 4.47. The first-order chi connectivity index (χ1) is 4.34. The minimum absolute atomic E-state index is 0.702. The van der Waals surface area contributed by atoms with Crippen LogP contribution in [0, 0.1) is 5.92 Å². The second-order valence-electron chi connectivity index (χ2n) is 2.72. The Hall–Kier alpha value is -0.530. The van der Waals surface area contributed by atoms with E-state index in [4.69, 9.17) is 0 Å². The van der Waals surface area contributed by atoms with Crippen molar-refractivity contribution < 1.29 is 0 Å². The summed E-state index contributed by atoms with van der Waals surface area (Å²) in [5.41, 5.74) is 0. The molecule has 0 aromatic rings. The number of aliphatic imine (C=N–C) groups is 1. The van der Waals surface area contributed by atoms with E-state index in [0.29, 0.717) is 6.04 Å². The van der Waals surface area contributed by atoms with Gasteiger partial charge in [-0.05, 0) is 18.8 Å². The van der Waals surface area contributed by atoms with Crippen molar-refractivity contribution in [2.75, 3.05) is 7.05 Å². The van der Waals surface area contributed by atoms with Gasteiger partial charge in [0.2, 0.25) is 0 Å². The maximum Gasteiger partial charge on any atom is 0.0822 e. The standard InChI is InChI=1S/C7H14N2/c1-6-3-4-7(6)9-5-8-2/h5-7H,3-4H2,1-2H3,(H,8,9). The van der Waals surface area contributed by atoms with E-state index in [9.17, 15) is 0 Å². The number of hydrogen-bond acceptors (Lipinski definition) is 1. The highest BCUT2D eigenvalue weighted by molar-refractivity contribution is 5.54. The predicted octanol–water partition coefficient (Wildman–Crippen LogP) is 1.03. The summed E-state index contributed by atoms with van der Waals surface area (Å²) >= 11 is 0. The van der Waals surface area contributed by atoms with E-state index in [1.165, 1.54) is 12.8 Å². The van der Waals surface area contributed by atoms with Gasteiger partial charge in [-0.15, -0.1) is 0 Å². The van der Waals surface area contributed by atoms with Crippen molar-refractivity contribution >= 4 is 6.34 Å². The fourth-order valence-electron chi connectivity index (χ4n) is 1.08. The lowest BCUT2D eigenvalue weighted by Crippen LogP contribution is -2.41. The van der Waals surface area contributed by atoms with Crippen LogP contribution in [0.2, 0.25) is 0 Å². The maximum absolute atomic E-state index is 3.86. The van der Waals surface area contributed by atoms with Crippen LogP contribution in [0.1, 0.15) is 19.8 Å². The van der Waals surface area contributed by atoms with Gasteiger partial charge in [-0.2, -0.15) is 0 Å². The summed E-state index contributed by atoms with van der Waals surface area (Å²) in [6.45, 7) is 2.27. The molecule has 1 saturated carbocycles. The van der Waals surface area contributed by atoms with E-state index in [-0.39, 0.29) is 0 Å². The minimum Gasteiger partial charge on any atom is -0.373 e. The van der Waals surface area contributed by atoms with Crippen molar-refractivity contribution in [3.8, 4) is 0 Å². The van der Waals surface area contributed by atoms with Crippen LogP contribution in [0.5, 0.6) is 0 Å². The van der Waals surface area contributed by atoms with Crippen molar-refractivity contribution in [3.63, 3.8) is 0 Å². The maximum atomic E-state index is 3.86. The van der Waals surface area contributed by atoms with E-state index in [1.54, 1.807) is 13.4 Å². The molecule has 1 N–H and O–H groups in total. The Bertz CT molecular complexity index is 109. The Morgan fingerprint density at radius 1 is 1.56 bits per heavy atom. The lowest BCUT2D eigenvalue weighted by atomic mass is 9.81. The van der Waals surface area contributed by atoms with Crippen molar-refractivity contribution in [1.29, 1.82) is 0 Å². The summed E-state index contributed by atoms with van der Waals surface area (Å²) in [6, 6.07) is 0.702. The average Bonchev–Trinajstić information content (AvgIpc) is 1.86. The summed E-state index contributed by atoms with van der Waals surface area (Å²) in [5, 5.41) is 3.23. The number of rotatable bonds is 2. The molecule has 2 nitrogen and oxygen atoms in total. The Balaban J connectivity index is 2.13. The molecule has 9 heavy (non-hydrogen) atoms. The van der Waals surface area contributed by atoms with E-state index in [1.807, 2.05) is 0 Å². The van der Waals surface area contributed by atoms with E-state index in [0.717, 1.165) is 5.92 Å². The van der Waals surface area contributed by atoms with Gasteiger partial charge in [0.15, 0.2) is 0 Å². The fourth-order valence-corrected chi connectivity index (χ4v) is 1.08. The van der Waals surface area contributed by atoms with Gasteiger partial charge in [-0.3, -0.25) is 4.99 Å². The van der Waals surface area contributed by atoms with E-state index < -0.39 is 0 Å². The van der Waals surface area contributed by atoms with Crippen LogP contribution in [0.3, 0.4) is 0 Å². The minimum atomic E-state index is 0.702. The molecule has 1 rings (SSSR count). The molecule has 0 heterocycles. The molecule has 0 aromatic heterocycles. The zero-order valence-corrected chi connectivity index (χ0v) is 6.09. The second-order valence-corrected chi connectivity index (χ2v) is 2.72. The lowest BCUT2D eigenvalue weighted by Gasteiger charge is -2.33. The van der Waals surface area contributed by atoms with Crippen LogP contribution in [0.4, 0.5) is 0 Å². The third-order valence-electron chi connectivity index (χ3n) is 2.04. The molecule has 0 aromatic carbocycles. The largest absolute Gasteiger partial charge is 0.373 e. The lowest BCUT2D eigenvalue weighted by molar-refractivity contribution is 0.259. The monoisotopic (exact) mass is 126 g/mol. The summed E-state index contributed by atoms with van der Waals surface area (Å²) in [5.74, 6) is 0.850. The van der Waals surface area contributed by atoms with Crippen molar-refractivity contribution in [2.45, 2.75) is 25.8 Å². The van der Waals surface area contributed by atoms with Gasteiger partial charge < -0.3 is 5.32 Å². The fraction of sp³-hybridized carbons (Fsp3) is 0.857. The van der Waals surface area contributed by atoms with Crippen LogP contribution in [0.25, 0.3) is 0 Å². The van der Waals surface area contributed by atoms with Gasteiger partial charge in [-0.1, -0.05) is 6.92 Å². The molecular weight excluding hydrogens is 112 g/mol. The van der Waals surface area contributed by atoms with Gasteiger partial charge in [0.05, 0.1) is 6.34 Å². The van der Waals surface area contributed by atoms with Crippen LogP contribution in [-0.4, -0.2) is 19.4 Å². The highest BCUT2D eigenvalue weighted by atomic mass is 15.0. The highest BCUT2D eigenvalue weighted by Gasteiger charge is 2.24. The summed E-state index contributed by atoms with van der Waals surface area (Å²) in [7, 11) is 1.79. The molecule has 0 saturated heterocycles. The molecule has 0 bridgehead atoms. The Kier molecular flexibility index (Phi) is 2.09. The summed E-state index contributed by atoms with van der Waals surface area (Å²) in [4.78, 5) is 3.86. The highest BCUT2D eigenvalue weighted by Crippen LogP contribution is 2.25. The molecule has 0 spiro atoms. The number of nitrogens with zero attached hydrogens (tertiary/aromatic N) is 1. The Morgan fingerprint density at radius 2 is 2.33 bits per heavy atom. The molecule has 0 radical (unpaired) electrons. The molecule has 1 aliphatic rings. The number of nitrogens with one attached hydrogen (secondary N) is 1. The summed E-state index contributed by atoms with van der Waals surface area (Å²) < 4.78 is 0. The first kappa shape index (κ1) is 6.59. The average molecular weight is 126 g/mol. The number of hydrogen-bond donors (Lipinski definition) is 1. The Morgan fingerprint density at radius 3 is 2.67 bits per heavy atom. The van der Waals surface area contributed by atoms with Gasteiger partial charge in [0.25, 0.3) is 0 Å². The molecule has 1 aliphatic carbocycles. The van der Waals surface area contributed by atoms with Crippen LogP contribution >= 0.6 is 0 Å². The second kappa shape index (κ2) is 2.85. The first-order valence-electron chi connectivity index (χ1n) is 3.51. The van der Waals surface area contributed by atoms with Gasteiger partial charge in [0.1, 0.15) is 0 Å². The smallest absolute Gasteiger partial charge is 0.0822 e. The molecule has 1 fully saturated rings. The molecule has 52 valence electrons. The topological polar surface area (TPSA) is 24.4 Å². The third-order valence-corrected chi connectivity index (χ3v) is 2.04. The van der Waals surface area contributed by atoms with Gasteiger partial charge in [0, 0.05) is 13.1 Å².